The lowest BCUT2D eigenvalue weighted by Gasteiger charge is -2.09. The fourth-order valence-corrected chi connectivity index (χ4v) is 1.72. The number of methoxy groups -OCH3 is 2. The van der Waals surface area contributed by atoms with Gasteiger partial charge in [0, 0.05) is 24.1 Å². The van der Waals surface area contributed by atoms with Crippen molar-refractivity contribution in [3.63, 3.8) is 0 Å². The van der Waals surface area contributed by atoms with Crippen molar-refractivity contribution in [1.82, 2.24) is 0 Å². The van der Waals surface area contributed by atoms with Crippen LogP contribution in [0.2, 0.25) is 0 Å². The molecule has 0 aliphatic rings. The Morgan fingerprint density at radius 1 is 1.18 bits per heavy atom. The lowest BCUT2D eigenvalue weighted by atomic mass is 10.1. The van der Waals surface area contributed by atoms with Gasteiger partial charge in [0.1, 0.15) is 5.58 Å². The van der Waals surface area contributed by atoms with Crippen molar-refractivity contribution in [2.24, 2.45) is 5.73 Å². The molecule has 2 rings (SSSR count). The zero-order chi connectivity index (χ0) is 12.4. The molecule has 0 fully saturated rings. The first-order chi connectivity index (χ1) is 8.19. The van der Waals surface area contributed by atoms with Crippen molar-refractivity contribution in [1.29, 1.82) is 0 Å². The summed E-state index contributed by atoms with van der Waals surface area (Å²) in [6.07, 6.45) is 0. The molecule has 0 saturated carbocycles. The molecule has 0 spiro atoms. The average molecular weight is 235 g/mol. The minimum Gasteiger partial charge on any atom is -0.493 e. The highest BCUT2D eigenvalue weighted by Crippen LogP contribution is 2.32. The first kappa shape index (κ1) is 11.5. The summed E-state index contributed by atoms with van der Waals surface area (Å²) in [5.41, 5.74) is 6.33. The molecule has 0 saturated heterocycles. The van der Waals surface area contributed by atoms with Gasteiger partial charge in [0.15, 0.2) is 11.5 Å². The second kappa shape index (κ2) is 4.47. The zero-order valence-electron chi connectivity index (χ0n) is 9.65. The van der Waals surface area contributed by atoms with E-state index in [4.69, 9.17) is 19.6 Å². The highest BCUT2D eigenvalue weighted by atomic mass is 16.5. The van der Waals surface area contributed by atoms with Gasteiger partial charge in [0.2, 0.25) is 0 Å². The predicted molar refractivity (Wildman–Crippen MR) is 63.5 cm³/mol. The van der Waals surface area contributed by atoms with E-state index < -0.39 is 5.63 Å². The molecule has 0 aliphatic carbocycles. The largest absolute Gasteiger partial charge is 0.493 e. The Bertz CT molecular complexity index is 603. The summed E-state index contributed by atoms with van der Waals surface area (Å²) < 4.78 is 15.4. The normalized spacial score (nSPS) is 10.5. The first-order valence-electron chi connectivity index (χ1n) is 5.08. The van der Waals surface area contributed by atoms with Gasteiger partial charge in [0.05, 0.1) is 14.2 Å². The number of fused-ring (bicyclic) bond motifs is 1. The maximum absolute atomic E-state index is 11.3. The van der Waals surface area contributed by atoms with Crippen LogP contribution in [0.3, 0.4) is 0 Å². The lowest BCUT2D eigenvalue weighted by Crippen LogP contribution is -2.05. The van der Waals surface area contributed by atoms with E-state index in [2.05, 4.69) is 0 Å². The molecule has 0 aliphatic heterocycles. The van der Waals surface area contributed by atoms with Gasteiger partial charge < -0.3 is 19.6 Å². The van der Waals surface area contributed by atoms with E-state index in [1.54, 1.807) is 19.2 Å². The molecule has 0 amide bonds. The van der Waals surface area contributed by atoms with Crippen molar-refractivity contribution >= 4 is 11.0 Å². The van der Waals surface area contributed by atoms with Crippen LogP contribution in [-0.2, 0) is 6.54 Å². The SMILES string of the molecule is COc1cc2oc(=O)cc(CN)c2cc1OC. The molecular formula is C12H13NO4. The Hall–Kier alpha value is -2.01. The van der Waals surface area contributed by atoms with Gasteiger partial charge in [-0.1, -0.05) is 0 Å². The molecule has 0 radical (unpaired) electrons. The number of ether oxygens (including phenoxy) is 2. The van der Waals surface area contributed by atoms with E-state index >= 15 is 0 Å². The molecule has 90 valence electrons. The second-order valence-corrected chi connectivity index (χ2v) is 3.50. The molecule has 1 aromatic carbocycles. The van der Waals surface area contributed by atoms with E-state index in [1.165, 1.54) is 13.2 Å². The Labute approximate surface area is 97.7 Å². The summed E-state index contributed by atoms with van der Waals surface area (Å²) in [5.74, 6) is 1.08. The molecule has 2 aromatic rings. The van der Waals surface area contributed by atoms with Crippen LogP contribution < -0.4 is 20.8 Å². The third-order valence-electron chi connectivity index (χ3n) is 2.55. The smallest absolute Gasteiger partial charge is 0.336 e. The van der Waals surface area contributed by atoms with Gasteiger partial charge in [-0.05, 0) is 11.6 Å². The Kier molecular flexibility index (Phi) is 3.01. The van der Waals surface area contributed by atoms with Crippen LogP contribution in [0.15, 0.2) is 27.4 Å². The van der Waals surface area contributed by atoms with E-state index in [0.717, 1.165) is 10.9 Å². The summed E-state index contributed by atoms with van der Waals surface area (Å²) in [7, 11) is 3.07. The molecule has 0 atom stereocenters. The molecule has 2 N–H and O–H groups in total. The van der Waals surface area contributed by atoms with Crippen LogP contribution in [0.5, 0.6) is 11.5 Å². The van der Waals surface area contributed by atoms with E-state index in [1.807, 2.05) is 0 Å². The van der Waals surface area contributed by atoms with Crippen molar-refractivity contribution in [3.8, 4) is 11.5 Å². The summed E-state index contributed by atoms with van der Waals surface area (Å²) in [5, 5.41) is 0.754. The van der Waals surface area contributed by atoms with Crippen molar-refractivity contribution in [2.75, 3.05) is 14.2 Å². The van der Waals surface area contributed by atoms with Crippen LogP contribution in [0, 0.1) is 0 Å². The molecule has 1 aromatic heterocycles. The van der Waals surface area contributed by atoms with Gasteiger partial charge in [-0.25, -0.2) is 4.79 Å². The number of nitrogens with two attached hydrogens (primary N) is 1. The van der Waals surface area contributed by atoms with Crippen molar-refractivity contribution < 1.29 is 13.9 Å². The summed E-state index contributed by atoms with van der Waals surface area (Å²) >= 11 is 0. The monoisotopic (exact) mass is 235 g/mol. The highest BCUT2D eigenvalue weighted by Gasteiger charge is 2.11. The van der Waals surface area contributed by atoms with Gasteiger partial charge >= 0.3 is 5.63 Å². The maximum atomic E-state index is 11.3. The number of hydrogen-bond donors (Lipinski definition) is 1. The van der Waals surface area contributed by atoms with E-state index in [-0.39, 0.29) is 6.54 Å². The summed E-state index contributed by atoms with van der Waals surface area (Å²) in [6, 6.07) is 4.75. The molecule has 0 unspecified atom stereocenters. The van der Waals surface area contributed by atoms with E-state index in [9.17, 15) is 4.79 Å². The van der Waals surface area contributed by atoms with Crippen molar-refractivity contribution in [2.45, 2.75) is 6.54 Å². The van der Waals surface area contributed by atoms with E-state index in [0.29, 0.717) is 17.1 Å². The van der Waals surface area contributed by atoms with Crippen LogP contribution in [0.1, 0.15) is 5.56 Å². The standard InChI is InChI=1S/C12H13NO4/c1-15-10-4-8-7(6-13)3-12(14)17-9(8)5-11(10)16-2/h3-5H,6,13H2,1-2H3. The number of hydrogen-bond acceptors (Lipinski definition) is 5. The Morgan fingerprint density at radius 3 is 2.41 bits per heavy atom. The third-order valence-corrected chi connectivity index (χ3v) is 2.55. The summed E-state index contributed by atoms with van der Waals surface area (Å²) in [4.78, 5) is 11.3. The molecule has 5 nitrogen and oxygen atoms in total. The highest BCUT2D eigenvalue weighted by molar-refractivity contribution is 5.84. The number of benzene rings is 1. The maximum Gasteiger partial charge on any atom is 0.336 e. The second-order valence-electron chi connectivity index (χ2n) is 3.50. The molecule has 1 heterocycles. The van der Waals surface area contributed by atoms with Crippen LogP contribution >= 0.6 is 0 Å². The average Bonchev–Trinajstić information content (AvgIpc) is 2.35. The predicted octanol–water partition coefficient (Wildman–Crippen LogP) is 1.27. The van der Waals surface area contributed by atoms with Crippen LogP contribution in [-0.4, -0.2) is 14.2 Å². The molecule has 17 heavy (non-hydrogen) atoms. The minimum absolute atomic E-state index is 0.261. The molecule has 5 heteroatoms. The van der Waals surface area contributed by atoms with Gasteiger partial charge in [0.25, 0.3) is 0 Å². The lowest BCUT2D eigenvalue weighted by molar-refractivity contribution is 0.355. The summed E-state index contributed by atoms with van der Waals surface area (Å²) in [6.45, 7) is 0.261. The molecular weight excluding hydrogens is 222 g/mol. The molecule has 0 bridgehead atoms. The van der Waals surface area contributed by atoms with Gasteiger partial charge in [-0.3, -0.25) is 0 Å². The minimum atomic E-state index is -0.426. The van der Waals surface area contributed by atoms with Gasteiger partial charge in [-0.2, -0.15) is 0 Å². The fourth-order valence-electron chi connectivity index (χ4n) is 1.72. The Morgan fingerprint density at radius 2 is 1.82 bits per heavy atom. The topological polar surface area (TPSA) is 74.7 Å². The van der Waals surface area contributed by atoms with Crippen LogP contribution in [0.4, 0.5) is 0 Å². The van der Waals surface area contributed by atoms with Crippen LogP contribution in [0.25, 0.3) is 11.0 Å². The van der Waals surface area contributed by atoms with Crippen molar-refractivity contribution in [3.05, 3.63) is 34.2 Å². The quantitative estimate of drug-likeness (QED) is 0.811. The Balaban J connectivity index is 2.82. The third kappa shape index (κ3) is 1.97. The number of rotatable bonds is 3. The fraction of sp³-hybridized carbons (Fsp3) is 0.250. The van der Waals surface area contributed by atoms with Gasteiger partial charge in [-0.15, -0.1) is 0 Å². The first-order valence-corrected chi connectivity index (χ1v) is 5.08. The zero-order valence-corrected chi connectivity index (χ0v) is 9.65.